The zero-order valence-electron chi connectivity index (χ0n) is 11.1. The van der Waals surface area contributed by atoms with Crippen molar-refractivity contribution in [1.82, 2.24) is 20.3 Å². The number of terminal acetylenes is 1. The van der Waals surface area contributed by atoms with Gasteiger partial charge in [-0.2, -0.15) is 15.0 Å². The lowest BCUT2D eigenvalue weighted by Gasteiger charge is -2.12. The third kappa shape index (κ3) is 3.43. The number of nitrogens with zero attached hydrogens (tertiary/aromatic N) is 3. The molecule has 1 aromatic heterocycles. The minimum atomic E-state index is 0.0717. The van der Waals surface area contributed by atoms with E-state index < -0.39 is 0 Å². The van der Waals surface area contributed by atoms with E-state index in [1.165, 1.54) is 0 Å². The number of rotatable bonds is 6. The van der Waals surface area contributed by atoms with Gasteiger partial charge in [-0.15, -0.1) is 12.3 Å². The Hall–Kier alpha value is -2.12. The van der Waals surface area contributed by atoms with Gasteiger partial charge in [-0.3, -0.25) is 0 Å². The van der Waals surface area contributed by atoms with Crippen LogP contribution in [0.1, 0.15) is 31.5 Å². The quantitative estimate of drug-likeness (QED) is 0.805. The van der Waals surface area contributed by atoms with Crippen LogP contribution in [0.2, 0.25) is 0 Å². The molecule has 4 heteroatoms. The van der Waals surface area contributed by atoms with Crippen LogP contribution in [0.5, 0.6) is 0 Å². The monoisotopic (exact) mass is 254 g/mol. The van der Waals surface area contributed by atoms with Crippen molar-refractivity contribution in [3.8, 4) is 18.0 Å². The van der Waals surface area contributed by atoms with Gasteiger partial charge in [-0.05, 0) is 25.1 Å². The van der Waals surface area contributed by atoms with Crippen molar-refractivity contribution in [3.63, 3.8) is 0 Å². The van der Waals surface area contributed by atoms with Crippen LogP contribution in [0.4, 0.5) is 0 Å². The third-order valence-electron chi connectivity index (χ3n) is 2.82. The topological polar surface area (TPSA) is 42.7 Å². The molecule has 2 rings (SSSR count). The summed E-state index contributed by atoms with van der Waals surface area (Å²) in [5.74, 6) is 2.68. The first-order chi connectivity index (χ1) is 9.35. The molecule has 0 aliphatic rings. The Morgan fingerprint density at radius 2 is 2.16 bits per heavy atom. The maximum atomic E-state index is 5.41. The standard InChI is InChI=1S/C15H18N4/c1-3-8-14(16-11-4-2)15-12-17-19(18-15)13-9-6-5-7-10-13/h1,5-7,9-10,12,14,16H,4,8,11H2,2H3. The molecular formula is C15H18N4. The van der Waals surface area contributed by atoms with Gasteiger partial charge in [0.25, 0.3) is 0 Å². The number of benzene rings is 1. The summed E-state index contributed by atoms with van der Waals surface area (Å²) >= 11 is 0. The predicted octanol–water partition coefficient (Wildman–Crippen LogP) is 2.33. The lowest BCUT2D eigenvalue weighted by atomic mass is 10.1. The van der Waals surface area contributed by atoms with Crippen molar-refractivity contribution in [3.05, 3.63) is 42.2 Å². The van der Waals surface area contributed by atoms with Gasteiger partial charge in [0.2, 0.25) is 0 Å². The molecule has 0 aliphatic carbocycles. The Balaban J connectivity index is 2.16. The van der Waals surface area contributed by atoms with E-state index >= 15 is 0 Å². The van der Waals surface area contributed by atoms with Gasteiger partial charge in [0.1, 0.15) is 5.69 Å². The van der Waals surface area contributed by atoms with Crippen LogP contribution in [0.3, 0.4) is 0 Å². The molecule has 0 saturated heterocycles. The molecule has 0 aliphatic heterocycles. The van der Waals surface area contributed by atoms with Crippen molar-refractivity contribution < 1.29 is 0 Å². The average Bonchev–Trinajstić information content (AvgIpc) is 2.94. The molecule has 0 radical (unpaired) electrons. The molecule has 98 valence electrons. The average molecular weight is 254 g/mol. The summed E-state index contributed by atoms with van der Waals surface area (Å²) in [4.78, 5) is 1.63. The Labute approximate surface area is 113 Å². The molecule has 0 fully saturated rings. The third-order valence-corrected chi connectivity index (χ3v) is 2.82. The fraction of sp³-hybridized carbons (Fsp3) is 0.333. The molecule has 1 aromatic carbocycles. The molecular weight excluding hydrogens is 236 g/mol. The summed E-state index contributed by atoms with van der Waals surface area (Å²) in [5.41, 5.74) is 1.83. The van der Waals surface area contributed by atoms with Crippen LogP contribution in [0, 0.1) is 12.3 Å². The zero-order chi connectivity index (χ0) is 13.5. The second kappa shape index (κ2) is 6.72. The van der Waals surface area contributed by atoms with Crippen LogP contribution in [0.15, 0.2) is 36.5 Å². The van der Waals surface area contributed by atoms with Gasteiger partial charge in [0, 0.05) is 6.42 Å². The highest BCUT2D eigenvalue weighted by molar-refractivity contribution is 5.28. The van der Waals surface area contributed by atoms with Gasteiger partial charge in [0.15, 0.2) is 0 Å². The second-order valence-corrected chi connectivity index (χ2v) is 4.31. The second-order valence-electron chi connectivity index (χ2n) is 4.31. The van der Waals surface area contributed by atoms with E-state index in [0.717, 1.165) is 24.3 Å². The Bertz CT molecular complexity index is 539. The molecule has 0 spiro atoms. The molecule has 4 nitrogen and oxygen atoms in total. The minimum absolute atomic E-state index is 0.0717. The molecule has 1 atom stereocenters. The van der Waals surface area contributed by atoms with Crippen LogP contribution >= 0.6 is 0 Å². The van der Waals surface area contributed by atoms with Gasteiger partial charge in [-0.1, -0.05) is 25.1 Å². The number of nitrogens with one attached hydrogen (secondary N) is 1. The maximum absolute atomic E-state index is 5.41. The Morgan fingerprint density at radius 1 is 1.37 bits per heavy atom. The van der Waals surface area contributed by atoms with Crippen LogP contribution in [0.25, 0.3) is 5.69 Å². The first-order valence-corrected chi connectivity index (χ1v) is 6.49. The lowest BCUT2D eigenvalue weighted by Crippen LogP contribution is -2.22. The highest BCUT2D eigenvalue weighted by atomic mass is 15.5. The normalized spacial score (nSPS) is 12.0. The summed E-state index contributed by atoms with van der Waals surface area (Å²) < 4.78 is 0. The zero-order valence-corrected chi connectivity index (χ0v) is 11.1. The van der Waals surface area contributed by atoms with Crippen LogP contribution < -0.4 is 5.32 Å². The van der Waals surface area contributed by atoms with E-state index in [0.29, 0.717) is 6.42 Å². The van der Waals surface area contributed by atoms with E-state index in [4.69, 9.17) is 6.42 Å². The number of hydrogen-bond acceptors (Lipinski definition) is 3. The molecule has 1 unspecified atom stereocenters. The smallest absolute Gasteiger partial charge is 0.101 e. The first kappa shape index (κ1) is 13.3. The summed E-state index contributed by atoms with van der Waals surface area (Å²) in [6.07, 6.45) is 8.87. The van der Waals surface area contributed by atoms with Crippen LogP contribution in [-0.2, 0) is 0 Å². The van der Waals surface area contributed by atoms with Crippen molar-refractivity contribution in [2.75, 3.05) is 6.54 Å². The van der Waals surface area contributed by atoms with Gasteiger partial charge >= 0.3 is 0 Å². The minimum Gasteiger partial charge on any atom is -0.308 e. The van der Waals surface area contributed by atoms with E-state index in [-0.39, 0.29) is 6.04 Å². The Morgan fingerprint density at radius 3 is 2.84 bits per heavy atom. The van der Waals surface area contributed by atoms with E-state index in [9.17, 15) is 0 Å². The molecule has 2 aromatic rings. The summed E-state index contributed by atoms with van der Waals surface area (Å²) in [6, 6.07) is 9.91. The molecule has 0 amide bonds. The van der Waals surface area contributed by atoms with Gasteiger partial charge < -0.3 is 5.32 Å². The highest BCUT2D eigenvalue weighted by Gasteiger charge is 2.13. The Kier molecular flexibility index (Phi) is 4.71. The lowest BCUT2D eigenvalue weighted by molar-refractivity contribution is 0.526. The van der Waals surface area contributed by atoms with E-state index in [1.807, 2.05) is 30.3 Å². The van der Waals surface area contributed by atoms with E-state index in [1.54, 1.807) is 11.0 Å². The summed E-state index contributed by atoms with van der Waals surface area (Å²) in [7, 11) is 0. The number of hydrogen-bond donors (Lipinski definition) is 1. The molecule has 0 saturated carbocycles. The van der Waals surface area contributed by atoms with Gasteiger partial charge in [0.05, 0.1) is 17.9 Å². The molecule has 19 heavy (non-hydrogen) atoms. The van der Waals surface area contributed by atoms with Crippen LogP contribution in [-0.4, -0.2) is 21.5 Å². The molecule has 1 heterocycles. The van der Waals surface area contributed by atoms with Crippen molar-refractivity contribution in [2.24, 2.45) is 0 Å². The fourth-order valence-electron chi connectivity index (χ4n) is 1.84. The highest BCUT2D eigenvalue weighted by Crippen LogP contribution is 2.14. The summed E-state index contributed by atoms with van der Waals surface area (Å²) in [5, 5.41) is 12.2. The predicted molar refractivity (Wildman–Crippen MR) is 75.8 cm³/mol. The molecule has 0 bridgehead atoms. The largest absolute Gasteiger partial charge is 0.308 e. The van der Waals surface area contributed by atoms with E-state index in [2.05, 4.69) is 28.4 Å². The fourth-order valence-corrected chi connectivity index (χ4v) is 1.84. The number of aromatic nitrogens is 3. The molecule has 1 N–H and O–H groups in total. The maximum Gasteiger partial charge on any atom is 0.101 e. The SMILES string of the molecule is C#CCC(NCCC)c1cnn(-c2ccccc2)n1. The van der Waals surface area contributed by atoms with Gasteiger partial charge in [-0.25, -0.2) is 0 Å². The van der Waals surface area contributed by atoms with Crippen molar-refractivity contribution >= 4 is 0 Å². The summed E-state index contributed by atoms with van der Waals surface area (Å²) in [6.45, 7) is 3.05. The van der Waals surface area contributed by atoms with Crippen molar-refractivity contribution in [1.29, 1.82) is 0 Å². The first-order valence-electron chi connectivity index (χ1n) is 6.49. The number of para-hydroxylation sites is 1. The van der Waals surface area contributed by atoms with Crippen molar-refractivity contribution in [2.45, 2.75) is 25.8 Å².